The fourth-order valence-electron chi connectivity index (χ4n) is 3.14. The number of carbonyl (C=O) groups excluding carboxylic acids is 1. The van der Waals surface area contributed by atoms with Crippen LogP contribution in [0.1, 0.15) is 31.7 Å². The number of piperidine rings is 1. The number of rotatable bonds is 6. The van der Waals surface area contributed by atoms with Crippen LogP contribution in [0.4, 0.5) is 0 Å². The van der Waals surface area contributed by atoms with Gasteiger partial charge in [-0.05, 0) is 43.4 Å². The monoisotopic (exact) mass is 346 g/mol. The van der Waals surface area contributed by atoms with E-state index in [0.29, 0.717) is 25.5 Å². The van der Waals surface area contributed by atoms with Gasteiger partial charge >= 0.3 is 0 Å². The summed E-state index contributed by atoms with van der Waals surface area (Å²) in [5.74, 6) is 2.42. The minimum atomic E-state index is 0.134. The van der Waals surface area contributed by atoms with Gasteiger partial charge in [0.1, 0.15) is 5.75 Å². The molecule has 0 radical (unpaired) electrons. The molecule has 2 N–H and O–H groups in total. The average Bonchev–Trinajstić information content (AvgIpc) is 2.64. The van der Waals surface area contributed by atoms with Gasteiger partial charge in [-0.15, -0.1) is 0 Å². The number of benzene rings is 1. The van der Waals surface area contributed by atoms with Gasteiger partial charge in [0.05, 0.1) is 6.61 Å². The van der Waals surface area contributed by atoms with Crippen LogP contribution >= 0.6 is 0 Å². The Morgan fingerprint density at radius 2 is 2.12 bits per heavy atom. The lowest BCUT2D eigenvalue weighted by Crippen LogP contribution is -2.45. The average molecular weight is 346 g/mol. The molecular formula is C19H30N4O2. The first kappa shape index (κ1) is 19.1. The molecule has 138 valence electrons. The number of aliphatic imine (C=N–C) groups is 1. The summed E-state index contributed by atoms with van der Waals surface area (Å²) < 4.78 is 5.55. The van der Waals surface area contributed by atoms with Gasteiger partial charge in [0, 0.05) is 40.2 Å². The van der Waals surface area contributed by atoms with E-state index in [1.165, 1.54) is 5.56 Å². The van der Waals surface area contributed by atoms with E-state index in [-0.39, 0.29) is 5.91 Å². The van der Waals surface area contributed by atoms with E-state index >= 15 is 0 Å². The SMILES string of the molecule is CCOc1cccc(CNC(=NC)N2CCC(CC(=O)NC)CC2)c1. The molecule has 0 bridgehead atoms. The third-order valence-corrected chi connectivity index (χ3v) is 4.54. The quantitative estimate of drug-likeness (QED) is 0.611. The second-order valence-corrected chi connectivity index (χ2v) is 6.29. The molecule has 1 aliphatic rings. The molecular weight excluding hydrogens is 316 g/mol. The molecule has 6 heteroatoms. The Hall–Kier alpha value is -2.24. The summed E-state index contributed by atoms with van der Waals surface area (Å²) >= 11 is 0. The van der Waals surface area contributed by atoms with Gasteiger partial charge < -0.3 is 20.3 Å². The zero-order chi connectivity index (χ0) is 18.1. The molecule has 1 aromatic carbocycles. The standard InChI is InChI=1S/C19H30N4O2/c1-4-25-17-7-5-6-16(12-17)14-22-19(21-3)23-10-8-15(9-11-23)13-18(24)20-2/h5-7,12,15H,4,8-11,13-14H2,1-3H3,(H,20,24)(H,21,22). The van der Waals surface area contributed by atoms with Gasteiger partial charge in [0.15, 0.2) is 5.96 Å². The zero-order valence-corrected chi connectivity index (χ0v) is 15.5. The molecule has 1 aromatic rings. The number of hydrogen-bond acceptors (Lipinski definition) is 3. The predicted octanol–water partition coefficient (Wildman–Crippen LogP) is 2.01. The number of amides is 1. The number of likely N-dealkylation sites (tertiary alicyclic amines) is 1. The van der Waals surface area contributed by atoms with Crippen molar-refractivity contribution in [2.45, 2.75) is 32.7 Å². The maximum Gasteiger partial charge on any atom is 0.220 e. The summed E-state index contributed by atoms with van der Waals surface area (Å²) in [7, 11) is 3.51. The van der Waals surface area contributed by atoms with Gasteiger partial charge in [-0.2, -0.15) is 0 Å². The Kier molecular flexibility index (Phi) is 7.57. The largest absolute Gasteiger partial charge is 0.494 e. The Bertz CT molecular complexity index is 581. The Morgan fingerprint density at radius 3 is 2.76 bits per heavy atom. The van der Waals surface area contributed by atoms with Gasteiger partial charge in [-0.25, -0.2) is 0 Å². The van der Waals surface area contributed by atoms with Crippen molar-refractivity contribution in [3.63, 3.8) is 0 Å². The first-order chi connectivity index (χ1) is 12.2. The first-order valence-corrected chi connectivity index (χ1v) is 9.04. The van der Waals surface area contributed by atoms with Crippen LogP contribution in [-0.4, -0.2) is 50.6 Å². The van der Waals surface area contributed by atoms with Crippen molar-refractivity contribution in [2.24, 2.45) is 10.9 Å². The molecule has 1 heterocycles. The van der Waals surface area contributed by atoms with Crippen molar-refractivity contribution in [1.29, 1.82) is 0 Å². The molecule has 1 aliphatic heterocycles. The minimum absolute atomic E-state index is 0.134. The number of nitrogens with one attached hydrogen (secondary N) is 2. The maximum atomic E-state index is 11.5. The number of guanidine groups is 1. The van der Waals surface area contributed by atoms with Gasteiger partial charge in [0.2, 0.25) is 5.91 Å². The normalized spacial score (nSPS) is 15.8. The predicted molar refractivity (Wildman–Crippen MR) is 101 cm³/mol. The van der Waals surface area contributed by atoms with E-state index in [9.17, 15) is 4.79 Å². The highest BCUT2D eigenvalue weighted by Gasteiger charge is 2.22. The Balaban J connectivity index is 1.83. The summed E-state index contributed by atoms with van der Waals surface area (Å²) in [5, 5.41) is 6.14. The van der Waals surface area contributed by atoms with Crippen molar-refractivity contribution in [1.82, 2.24) is 15.5 Å². The number of nitrogens with zero attached hydrogens (tertiary/aromatic N) is 2. The number of carbonyl (C=O) groups is 1. The number of hydrogen-bond donors (Lipinski definition) is 2. The zero-order valence-electron chi connectivity index (χ0n) is 15.5. The van der Waals surface area contributed by atoms with Crippen molar-refractivity contribution in [3.05, 3.63) is 29.8 Å². The van der Waals surface area contributed by atoms with E-state index in [1.54, 1.807) is 7.05 Å². The smallest absolute Gasteiger partial charge is 0.220 e. The van der Waals surface area contributed by atoms with Crippen LogP contribution < -0.4 is 15.4 Å². The summed E-state index contributed by atoms with van der Waals surface area (Å²) in [6.07, 6.45) is 2.67. The summed E-state index contributed by atoms with van der Waals surface area (Å²) in [5.41, 5.74) is 1.17. The van der Waals surface area contributed by atoms with Crippen molar-refractivity contribution < 1.29 is 9.53 Å². The lowest BCUT2D eigenvalue weighted by molar-refractivity contribution is -0.121. The molecule has 0 spiro atoms. The second kappa shape index (κ2) is 9.91. The third kappa shape index (κ3) is 5.96. The lowest BCUT2D eigenvalue weighted by atomic mass is 9.93. The molecule has 1 saturated heterocycles. The molecule has 0 saturated carbocycles. The van der Waals surface area contributed by atoms with E-state index in [2.05, 4.69) is 32.7 Å². The molecule has 0 unspecified atom stereocenters. The van der Waals surface area contributed by atoms with E-state index < -0.39 is 0 Å². The van der Waals surface area contributed by atoms with Gasteiger partial charge in [-0.3, -0.25) is 9.79 Å². The van der Waals surface area contributed by atoms with Crippen LogP contribution in [0.25, 0.3) is 0 Å². The Morgan fingerprint density at radius 1 is 1.36 bits per heavy atom. The first-order valence-electron chi connectivity index (χ1n) is 9.04. The van der Waals surface area contributed by atoms with Crippen LogP contribution in [0.2, 0.25) is 0 Å². The van der Waals surface area contributed by atoms with Crippen LogP contribution in [0, 0.1) is 5.92 Å². The Labute approximate surface area is 150 Å². The molecule has 1 fully saturated rings. The topological polar surface area (TPSA) is 66.0 Å². The highest BCUT2D eigenvalue weighted by molar-refractivity contribution is 5.80. The van der Waals surface area contributed by atoms with Crippen LogP contribution in [0.3, 0.4) is 0 Å². The fourth-order valence-corrected chi connectivity index (χ4v) is 3.14. The summed E-state index contributed by atoms with van der Waals surface area (Å²) in [4.78, 5) is 18.2. The molecule has 2 rings (SSSR count). The fraction of sp³-hybridized carbons (Fsp3) is 0.579. The molecule has 0 aromatic heterocycles. The minimum Gasteiger partial charge on any atom is -0.494 e. The third-order valence-electron chi connectivity index (χ3n) is 4.54. The highest BCUT2D eigenvalue weighted by Crippen LogP contribution is 2.20. The van der Waals surface area contributed by atoms with E-state index in [0.717, 1.165) is 37.6 Å². The van der Waals surface area contributed by atoms with Crippen LogP contribution in [-0.2, 0) is 11.3 Å². The van der Waals surface area contributed by atoms with Gasteiger partial charge in [0.25, 0.3) is 0 Å². The van der Waals surface area contributed by atoms with Crippen molar-refractivity contribution in [2.75, 3.05) is 33.8 Å². The summed E-state index contributed by atoms with van der Waals surface area (Å²) in [6, 6.07) is 8.12. The lowest BCUT2D eigenvalue weighted by Gasteiger charge is -2.34. The second-order valence-electron chi connectivity index (χ2n) is 6.29. The van der Waals surface area contributed by atoms with E-state index in [1.807, 2.05) is 26.1 Å². The highest BCUT2D eigenvalue weighted by atomic mass is 16.5. The van der Waals surface area contributed by atoms with Crippen LogP contribution in [0.5, 0.6) is 5.75 Å². The van der Waals surface area contributed by atoms with Crippen molar-refractivity contribution >= 4 is 11.9 Å². The summed E-state index contributed by atoms with van der Waals surface area (Å²) in [6.45, 7) is 5.23. The molecule has 0 aliphatic carbocycles. The van der Waals surface area contributed by atoms with Crippen molar-refractivity contribution in [3.8, 4) is 5.75 Å². The maximum absolute atomic E-state index is 11.5. The van der Waals surface area contributed by atoms with Crippen LogP contribution in [0.15, 0.2) is 29.3 Å². The van der Waals surface area contributed by atoms with E-state index in [4.69, 9.17) is 4.74 Å². The van der Waals surface area contributed by atoms with Gasteiger partial charge in [-0.1, -0.05) is 12.1 Å². The molecule has 1 amide bonds. The molecule has 25 heavy (non-hydrogen) atoms. The molecule has 6 nitrogen and oxygen atoms in total. The number of ether oxygens (including phenoxy) is 1. The molecule has 0 atom stereocenters.